The summed E-state index contributed by atoms with van der Waals surface area (Å²) in [4.78, 5) is 12.7. The van der Waals surface area contributed by atoms with E-state index in [4.69, 9.17) is 10.5 Å². The fraction of sp³-hybridized carbons (Fsp3) is 0.962. The van der Waals surface area contributed by atoms with Crippen molar-refractivity contribution in [3.63, 3.8) is 0 Å². The summed E-state index contributed by atoms with van der Waals surface area (Å²) in [5, 5.41) is 3.66. The molecule has 3 aliphatic carbocycles. The first-order valence-electron chi connectivity index (χ1n) is 13.3. The normalized spacial score (nSPS) is 36.2. The maximum Gasteiger partial charge on any atom is 0.309 e. The first-order valence-corrected chi connectivity index (χ1v) is 13.3. The minimum absolute atomic E-state index is 0.105. The lowest BCUT2D eigenvalue weighted by molar-refractivity contribution is -0.157. The Bertz CT molecular complexity index is 487. The molecule has 0 bridgehead atoms. The monoisotopic (exact) mass is 420 g/mol. The number of nitrogens with one attached hydrogen (secondary N) is 1. The van der Waals surface area contributed by atoms with Crippen molar-refractivity contribution in [3.8, 4) is 0 Å². The van der Waals surface area contributed by atoms with Crippen molar-refractivity contribution in [2.45, 2.75) is 128 Å². The number of nitrogens with two attached hydrogens (primary N) is 1. The molecule has 0 aromatic rings. The van der Waals surface area contributed by atoms with Crippen molar-refractivity contribution in [2.75, 3.05) is 6.54 Å². The van der Waals surface area contributed by atoms with Gasteiger partial charge in [0.05, 0.1) is 5.92 Å². The van der Waals surface area contributed by atoms with Gasteiger partial charge in [-0.15, -0.1) is 0 Å². The summed E-state index contributed by atoms with van der Waals surface area (Å²) in [5.74, 6) is 2.71. The summed E-state index contributed by atoms with van der Waals surface area (Å²) in [6, 6.07) is 1.03. The predicted octanol–water partition coefficient (Wildman–Crippen LogP) is 5.58. The maximum atomic E-state index is 12.7. The zero-order valence-corrected chi connectivity index (χ0v) is 19.7. The van der Waals surface area contributed by atoms with Crippen LogP contribution in [0.15, 0.2) is 0 Å². The van der Waals surface area contributed by atoms with Crippen LogP contribution in [-0.4, -0.2) is 30.7 Å². The Morgan fingerprint density at radius 1 is 0.900 bits per heavy atom. The molecule has 3 fully saturated rings. The first kappa shape index (κ1) is 24.0. The molecule has 0 aromatic heterocycles. The SMILES string of the molecule is CCCCNC1CCC(OC(=O)C2CCC(C3CCC(C(N)CC)CC3)CC2)CC1. The molecule has 0 aromatic carbocycles. The first-order chi connectivity index (χ1) is 14.6. The van der Waals surface area contributed by atoms with Gasteiger partial charge in [0.1, 0.15) is 6.10 Å². The Labute approximate surface area is 185 Å². The Morgan fingerprint density at radius 2 is 1.50 bits per heavy atom. The molecule has 4 heteroatoms. The zero-order valence-electron chi connectivity index (χ0n) is 19.7. The highest BCUT2D eigenvalue weighted by Gasteiger charge is 2.35. The van der Waals surface area contributed by atoms with Crippen LogP contribution in [0, 0.1) is 23.7 Å². The van der Waals surface area contributed by atoms with Gasteiger partial charge >= 0.3 is 5.97 Å². The highest BCUT2D eigenvalue weighted by atomic mass is 16.5. The second-order valence-corrected chi connectivity index (χ2v) is 10.6. The third-order valence-corrected chi connectivity index (χ3v) is 8.59. The van der Waals surface area contributed by atoms with Crippen LogP contribution < -0.4 is 11.1 Å². The zero-order chi connectivity index (χ0) is 21.3. The third-order valence-electron chi connectivity index (χ3n) is 8.59. The van der Waals surface area contributed by atoms with Crippen LogP contribution in [0.25, 0.3) is 0 Å². The lowest BCUT2D eigenvalue weighted by Gasteiger charge is -2.39. The second-order valence-electron chi connectivity index (χ2n) is 10.6. The van der Waals surface area contributed by atoms with E-state index in [0.29, 0.717) is 12.1 Å². The summed E-state index contributed by atoms with van der Waals surface area (Å²) in [6.45, 7) is 5.58. The molecule has 174 valence electrons. The van der Waals surface area contributed by atoms with Gasteiger partial charge in [0.2, 0.25) is 0 Å². The van der Waals surface area contributed by atoms with Gasteiger partial charge in [-0.25, -0.2) is 0 Å². The van der Waals surface area contributed by atoms with E-state index in [2.05, 4.69) is 19.2 Å². The van der Waals surface area contributed by atoms with Gasteiger partial charge in [-0.3, -0.25) is 4.79 Å². The van der Waals surface area contributed by atoms with Crippen molar-refractivity contribution in [2.24, 2.45) is 29.4 Å². The van der Waals surface area contributed by atoms with Crippen molar-refractivity contribution >= 4 is 5.97 Å². The van der Waals surface area contributed by atoms with Crippen LogP contribution in [0.2, 0.25) is 0 Å². The average molecular weight is 421 g/mol. The van der Waals surface area contributed by atoms with Crippen LogP contribution in [0.4, 0.5) is 0 Å². The molecule has 0 spiro atoms. The van der Waals surface area contributed by atoms with E-state index < -0.39 is 0 Å². The maximum absolute atomic E-state index is 12.7. The standard InChI is InChI=1S/C26H48N2O2/c1-3-5-18-28-23-14-16-24(17-15-23)30-26(29)22-12-8-20(9-13-22)19-6-10-21(11-7-19)25(27)4-2/h19-25,28H,3-18,27H2,1-2H3. The highest BCUT2D eigenvalue weighted by Crippen LogP contribution is 2.42. The van der Waals surface area contributed by atoms with Gasteiger partial charge in [0.15, 0.2) is 0 Å². The largest absolute Gasteiger partial charge is 0.462 e. The molecule has 3 saturated carbocycles. The topological polar surface area (TPSA) is 64.3 Å². The van der Waals surface area contributed by atoms with Gasteiger partial charge in [-0.05, 0) is 114 Å². The molecule has 4 nitrogen and oxygen atoms in total. The number of hydrogen-bond donors (Lipinski definition) is 2. The van der Waals surface area contributed by atoms with Crippen molar-refractivity contribution < 1.29 is 9.53 Å². The number of esters is 1. The second kappa shape index (κ2) is 12.4. The lowest BCUT2D eigenvalue weighted by Crippen LogP contribution is -2.37. The van der Waals surface area contributed by atoms with Crippen molar-refractivity contribution in [3.05, 3.63) is 0 Å². The molecular formula is C26H48N2O2. The van der Waals surface area contributed by atoms with E-state index in [1.165, 1.54) is 51.4 Å². The molecule has 1 atom stereocenters. The van der Waals surface area contributed by atoms with Crippen LogP contribution >= 0.6 is 0 Å². The number of hydrogen-bond acceptors (Lipinski definition) is 4. The summed E-state index contributed by atoms with van der Waals surface area (Å²) < 4.78 is 5.96. The van der Waals surface area contributed by atoms with E-state index in [9.17, 15) is 4.79 Å². The van der Waals surface area contributed by atoms with Gasteiger partial charge < -0.3 is 15.8 Å². The lowest BCUT2D eigenvalue weighted by atomic mass is 9.68. The third kappa shape index (κ3) is 6.95. The van der Waals surface area contributed by atoms with E-state index in [0.717, 1.165) is 69.2 Å². The Morgan fingerprint density at radius 3 is 2.07 bits per heavy atom. The summed E-state index contributed by atoms with van der Waals surface area (Å²) in [6.07, 6.45) is 18.0. The minimum Gasteiger partial charge on any atom is -0.462 e. The van der Waals surface area contributed by atoms with Crippen LogP contribution in [0.1, 0.15) is 110 Å². The number of carbonyl (C=O) groups excluding carboxylic acids is 1. The molecule has 0 amide bonds. The average Bonchev–Trinajstić information content (AvgIpc) is 2.80. The van der Waals surface area contributed by atoms with Crippen molar-refractivity contribution in [1.29, 1.82) is 0 Å². The minimum atomic E-state index is 0.105. The molecule has 0 radical (unpaired) electrons. The fourth-order valence-corrected chi connectivity index (χ4v) is 6.33. The van der Waals surface area contributed by atoms with Crippen LogP contribution in [-0.2, 0) is 9.53 Å². The Balaban J connectivity index is 1.31. The molecule has 3 aliphatic rings. The number of rotatable bonds is 9. The predicted molar refractivity (Wildman–Crippen MR) is 124 cm³/mol. The number of unbranched alkanes of at least 4 members (excludes halogenated alkanes) is 1. The molecule has 3 N–H and O–H groups in total. The quantitative estimate of drug-likeness (QED) is 0.377. The van der Waals surface area contributed by atoms with E-state index in [-0.39, 0.29) is 18.0 Å². The van der Waals surface area contributed by atoms with Gasteiger partial charge in [0.25, 0.3) is 0 Å². The van der Waals surface area contributed by atoms with Crippen molar-refractivity contribution in [1.82, 2.24) is 5.32 Å². The van der Waals surface area contributed by atoms with Gasteiger partial charge in [-0.1, -0.05) is 20.3 Å². The Kier molecular flexibility index (Phi) is 9.96. The number of carbonyl (C=O) groups is 1. The summed E-state index contributed by atoms with van der Waals surface area (Å²) in [7, 11) is 0. The molecule has 0 aliphatic heterocycles. The van der Waals surface area contributed by atoms with E-state index in [1.54, 1.807) is 0 Å². The van der Waals surface area contributed by atoms with Crippen LogP contribution in [0.5, 0.6) is 0 Å². The van der Waals surface area contributed by atoms with E-state index in [1.807, 2.05) is 0 Å². The summed E-state index contributed by atoms with van der Waals surface area (Å²) >= 11 is 0. The highest BCUT2D eigenvalue weighted by molar-refractivity contribution is 5.72. The molecule has 3 rings (SSSR count). The molecule has 0 heterocycles. The smallest absolute Gasteiger partial charge is 0.309 e. The van der Waals surface area contributed by atoms with Gasteiger partial charge in [-0.2, -0.15) is 0 Å². The van der Waals surface area contributed by atoms with E-state index >= 15 is 0 Å². The van der Waals surface area contributed by atoms with Crippen LogP contribution in [0.3, 0.4) is 0 Å². The molecule has 30 heavy (non-hydrogen) atoms. The van der Waals surface area contributed by atoms with Gasteiger partial charge in [0, 0.05) is 12.1 Å². The fourth-order valence-electron chi connectivity index (χ4n) is 6.33. The summed E-state index contributed by atoms with van der Waals surface area (Å²) in [5.41, 5.74) is 6.28. The Hall–Kier alpha value is -0.610. The molecule has 0 saturated heterocycles. The molecular weight excluding hydrogens is 372 g/mol. The molecule has 1 unspecified atom stereocenters. The number of ether oxygens (including phenoxy) is 1.